The number of carbonyl (C=O) groups excluding carboxylic acids is 1. The van der Waals surface area contributed by atoms with Gasteiger partial charge in [0.2, 0.25) is 0 Å². The number of hydrogen-bond acceptors (Lipinski definition) is 9. The lowest BCUT2D eigenvalue weighted by atomic mass is 10.3. The average Bonchev–Trinajstić information content (AvgIpc) is 3.47. The van der Waals surface area contributed by atoms with Crippen LogP contribution >= 0.6 is 23.5 Å². The number of halogens is 1. The second-order valence-corrected chi connectivity index (χ2v) is 9.10. The van der Waals surface area contributed by atoms with E-state index in [1.165, 1.54) is 42.0 Å². The van der Waals surface area contributed by atoms with Crippen LogP contribution in [-0.4, -0.2) is 66.4 Å². The van der Waals surface area contributed by atoms with Crippen LogP contribution in [0.4, 0.5) is 10.2 Å². The zero-order chi connectivity index (χ0) is 23.2. The molecule has 13 heteroatoms. The van der Waals surface area contributed by atoms with Gasteiger partial charge in [-0.05, 0) is 50.1 Å². The van der Waals surface area contributed by atoms with Crippen molar-refractivity contribution >= 4 is 35.2 Å². The first-order valence-electron chi connectivity index (χ1n) is 9.79. The summed E-state index contributed by atoms with van der Waals surface area (Å²) < 4.78 is 15.0. The number of benzene rings is 1. The fraction of sp³-hybridized carbons (Fsp3) is 0.200. The van der Waals surface area contributed by atoms with E-state index < -0.39 is 5.91 Å². The number of hydrogen-bond donors (Lipinski definition) is 2. The standard InChI is InChI=1S/C20H20FN9OS2/c1-29(2)9-10-30-8-7-15(28-30)25-18(31)17-19(32-14-5-3-13(21)4-6-14)22-11-16(26-17)33-20-23-12-24-27-20/h3-8,11-12H,9-10H2,1-2H3,(H,23,24,27)(H,25,28,31). The van der Waals surface area contributed by atoms with Crippen LogP contribution in [0.3, 0.4) is 0 Å². The highest BCUT2D eigenvalue weighted by Crippen LogP contribution is 2.31. The molecule has 3 heterocycles. The molecular formula is C20H20FN9OS2. The lowest BCUT2D eigenvalue weighted by molar-refractivity contribution is 0.101. The van der Waals surface area contributed by atoms with E-state index in [2.05, 4.69) is 35.6 Å². The predicted molar refractivity (Wildman–Crippen MR) is 122 cm³/mol. The van der Waals surface area contributed by atoms with Gasteiger partial charge >= 0.3 is 0 Å². The zero-order valence-electron chi connectivity index (χ0n) is 17.8. The molecule has 0 aliphatic rings. The Bertz CT molecular complexity index is 1210. The van der Waals surface area contributed by atoms with Gasteiger partial charge in [0.1, 0.15) is 22.2 Å². The molecule has 0 spiro atoms. The van der Waals surface area contributed by atoms with Crippen LogP contribution < -0.4 is 5.32 Å². The summed E-state index contributed by atoms with van der Waals surface area (Å²) in [7, 11) is 3.96. The number of aromatic amines is 1. The Balaban J connectivity index is 1.57. The zero-order valence-corrected chi connectivity index (χ0v) is 19.4. The summed E-state index contributed by atoms with van der Waals surface area (Å²) in [4.78, 5) is 28.9. The number of carbonyl (C=O) groups is 1. The van der Waals surface area contributed by atoms with Gasteiger partial charge in [-0.1, -0.05) is 11.8 Å². The third-order valence-electron chi connectivity index (χ3n) is 4.21. The van der Waals surface area contributed by atoms with Crippen molar-refractivity contribution in [3.63, 3.8) is 0 Å². The molecule has 170 valence electrons. The largest absolute Gasteiger partial charge is 0.308 e. The van der Waals surface area contributed by atoms with Gasteiger partial charge in [-0.3, -0.25) is 14.6 Å². The molecule has 0 radical (unpaired) electrons. The summed E-state index contributed by atoms with van der Waals surface area (Å²) in [6.45, 7) is 1.51. The van der Waals surface area contributed by atoms with E-state index in [9.17, 15) is 9.18 Å². The maximum Gasteiger partial charge on any atom is 0.278 e. The van der Waals surface area contributed by atoms with Crippen molar-refractivity contribution in [1.29, 1.82) is 0 Å². The second kappa shape index (κ2) is 10.6. The van der Waals surface area contributed by atoms with Crippen molar-refractivity contribution in [2.45, 2.75) is 26.6 Å². The molecule has 0 atom stereocenters. The molecule has 0 aliphatic carbocycles. The number of anilines is 1. The first-order valence-corrected chi connectivity index (χ1v) is 11.4. The molecule has 2 N–H and O–H groups in total. The van der Waals surface area contributed by atoms with Gasteiger partial charge in [0.15, 0.2) is 16.7 Å². The van der Waals surface area contributed by atoms with E-state index in [0.717, 1.165) is 11.4 Å². The second-order valence-electron chi connectivity index (χ2n) is 7.03. The molecule has 0 aliphatic heterocycles. The molecule has 0 bridgehead atoms. The number of nitrogens with one attached hydrogen (secondary N) is 2. The SMILES string of the molecule is CN(C)CCn1ccc(NC(=O)c2nc(Sc3ncn[nH]3)cnc2Sc2ccc(F)cc2)n1. The minimum absolute atomic E-state index is 0.122. The average molecular weight is 486 g/mol. The summed E-state index contributed by atoms with van der Waals surface area (Å²) in [5.74, 6) is -0.386. The lowest BCUT2D eigenvalue weighted by Crippen LogP contribution is -2.19. The summed E-state index contributed by atoms with van der Waals surface area (Å²) in [5.41, 5.74) is 0.122. The van der Waals surface area contributed by atoms with E-state index in [-0.39, 0.29) is 11.5 Å². The highest BCUT2D eigenvalue weighted by Gasteiger charge is 2.19. The van der Waals surface area contributed by atoms with Crippen LogP contribution in [0.2, 0.25) is 0 Å². The minimum Gasteiger partial charge on any atom is -0.308 e. The van der Waals surface area contributed by atoms with Gasteiger partial charge in [-0.2, -0.15) is 10.2 Å². The van der Waals surface area contributed by atoms with Gasteiger partial charge in [0.05, 0.1) is 12.7 Å². The number of H-pyrrole nitrogens is 1. The molecule has 3 aromatic heterocycles. The Hall–Kier alpha value is -3.29. The van der Waals surface area contributed by atoms with Crippen molar-refractivity contribution in [2.24, 2.45) is 0 Å². The third kappa shape index (κ3) is 6.37. The van der Waals surface area contributed by atoms with Crippen molar-refractivity contribution in [3.05, 3.63) is 60.6 Å². The lowest BCUT2D eigenvalue weighted by Gasteiger charge is -2.10. The quantitative estimate of drug-likeness (QED) is 0.369. The van der Waals surface area contributed by atoms with E-state index in [1.54, 1.807) is 35.3 Å². The minimum atomic E-state index is -0.454. The van der Waals surface area contributed by atoms with Gasteiger partial charge in [-0.15, -0.1) is 0 Å². The molecule has 1 aromatic carbocycles. The van der Waals surface area contributed by atoms with Crippen molar-refractivity contribution in [3.8, 4) is 0 Å². The van der Waals surface area contributed by atoms with Gasteiger partial charge in [0.25, 0.3) is 5.91 Å². The smallest absolute Gasteiger partial charge is 0.278 e. The highest BCUT2D eigenvalue weighted by molar-refractivity contribution is 7.99. The van der Waals surface area contributed by atoms with Crippen LogP contribution in [0.25, 0.3) is 0 Å². The fourth-order valence-electron chi connectivity index (χ4n) is 2.62. The van der Waals surface area contributed by atoms with Crippen molar-refractivity contribution in [1.82, 2.24) is 39.8 Å². The number of rotatable bonds is 9. The van der Waals surface area contributed by atoms with E-state index in [4.69, 9.17) is 0 Å². The van der Waals surface area contributed by atoms with Crippen LogP contribution in [0, 0.1) is 5.82 Å². The fourth-order valence-corrected chi connectivity index (χ4v) is 4.10. The molecule has 1 amide bonds. The first kappa shape index (κ1) is 22.9. The number of nitrogens with zero attached hydrogens (tertiary/aromatic N) is 7. The molecule has 0 unspecified atom stereocenters. The van der Waals surface area contributed by atoms with Gasteiger partial charge in [0, 0.05) is 23.7 Å². The summed E-state index contributed by atoms with van der Waals surface area (Å²) in [6.07, 6.45) is 4.73. The molecule has 33 heavy (non-hydrogen) atoms. The summed E-state index contributed by atoms with van der Waals surface area (Å²) in [5, 5.41) is 15.1. The summed E-state index contributed by atoms with van der Waals surface area (Å²) >= 11 is 2.41. The molecule has 0 fully saturated rings. The monoisotopic (exact) mass is 485 g/mol. The Morgan fingerprint density at radius 3 is 2.73 bits per heavy atom. The van der Waals surface area contributed by atoms with E-state index in [0.29, 0.717) is 27.6 Å². The predicted octanol–water partition coefficient (Wildman–Crippen LogP) is 3.05. The molecule has 0 saturated heterocycles. The Labute approximate surface area is 197 Å². The van der Waals surface area contributed by atoms with Crippen molar-refractivity contribution < 1.29 is 9.18 Å². The number of amides is 1. The molecular weight excluding hydrogens is 465 g/mol. The first-order chi connectivity index (χ1) is 16.0. The maximum absolute atomic E-state index is 13.3. The Kier molecular flexibility index (Phi) is 7.32. The van der Waals surface area contributed by atoms with Gasteiger partial charge in [-0.25, -0.2) is 19.3 Å². The van der Waals surface area contributed by atoms with Gasteiger partial charge < -0.3 is 10.2 Å². The highest BCUT2D eigenvalue weighted by atomic mass is 32.2. The summed E-state index contributed by atoms with van der Waals surface area (Å²) in [6, 6.07) is 7.66. The van der Waals surface area contributed by atoms with Crippen LogP contribution in [0.1, 0.15) is 10.5 Å². The molecule has 0 saturated carbocycles. The maximum atomic E-state index is 13.3. The van der Waals surface area contributed by atoms with Crippen LogP contribution in [0.15, 0.2) is 69.2 Å². The van der Waals surface area contributed by atoms with Crippen molar-refractivity contribution in [2.75, 3.05) is 26.0 Å². The number of likely N-dealkylation sites (N-methyl/N-ethyl adjacent to an activating group) is 1. The Morgan fingerprint density at radius 1 is 1.18 bits per heavy atom. The Morgan fingerprint density at radius 2 is 2.00 bits per heavy atom. The number of aromatic nitrogens is 7. The molecule has 4 aromatic rings. The molecule has 10 nitrogen and oxygen atoms in total. The van der Waals surface area contributed by atoms with Crippen LogP contribution in [0.5, 0.6) is 0 Å². The normalized spacial score (nSPS) is 11.2. The third-order valence-corrected chi connectivity index (χ3v) is 6.01. The topological polar surface area (TPSA) is 118 Å². The van der Waals surface area contributed by atoms with Crippen LogP contribution in [-0.2, 0) is 6.54 Å². The van der Waals surface area contributed by atoms with E-state index >= 15 is 0 Å². The van der Waals surface area contributed by atoms with E-state index in [1.807, 2.05) is 19.0 Å². The molecule has 4 rings (SSSR count).